The molecule has 3 aliphatic heterocycles. The Labute approximate surface area is 458 Å². The number of piperazine rings is 3. The van der Waals surface area contributed by atoms with Gasteiger partial charge >= 0.3 is 0 Å². The Bertz CT molecular complexity index is 3490. The van der Waals surface area contributed by atoms with E-state index in [4.69, 9.17) is 9.97 Å². The van der Waals surface area contributed by atoms with Gasteiger partial charge in [0.15, 0.2) is 22.8 Å². The number of hydrogen-bond donors (Lipinski definition) is 8. The van der Waals surface area contributed by atoms with Crippen LogP contribution in [0.2, 0.25) is 0 Å². The standard InChI is InChI=1S/C19H23FN6O.C19H24N6O.C19H22N6.4H2/c1-3-19(2,27)14-11-26(10-9-21-14)15-7-6-13(20)17(23-15)16-12-5-4-8-22-18(12)25-24-16;1-3-19(2,26)15-12-25(11-10-20-15)16-8-4-7-14(22-16)17-13-6-5-9-21-18(13)24-23-17;1-4-16(18-15-3-2-8-21-19(15)24-23-18)22-17(5-1)25-10-9-20-14(12-25)11-13-6-7-13;;;;/h4-8,14,21,27H,3,9-11H2,1-2H3,(H,22,24,25);4-9,15,20,26H,3,10-12H2,1-2H3,(H,21,23,24);1-5,8,13-14,20H,6-7,9-12H2,(H,21,23,24);4*1H/t;;14-;;;;/m..0..../s1. The normalized spacial score (nSPS) is 20.4. The Hall–Kier alpha value is -7.56. The maximum atomic E-state index is 14.5. The molecule has 20 nitrogen and oxygen atoms in total. The van der Waals surface area contributed by atoms with Crippen molar-refractivity contribution in [1.29, 1.82) is 0 Å². The molecular formula is C57H77FN18O2. The van der Waals surface area contributed by atoms with Crippen molar-refractivity contribution in [2.75, 3.05) is 73.6 Å². The lowest BCUT2D eigenvalue weighted by Crippen LogP contribution is -2.60. The minimum Gasteiger partial charge on any atom is -0.388 e. The number of nitrogens with zero attached hydrogens (tertiary/aromatic N) is 12. The highest BCUT2D eigenvalue weighted by atomic mass is 19.1. The lowest BCUT2D eigenvalue weighted by molar-refractivity contribution is 0.0142. The van der Waals surface area contributed by atoms with E-state index < -0.39 is 17.0 Å². The molecular weight excluding hydrogens is 988 g/mol. The summed E-state index contributed by atoms with van der Waals surface area (Å²) in [4.78, 5) is 33.8. The maximum Gasteiger partial charge on any atom is 0.181 e. The first-order chi connectivity index (χ1) is 37.9. The molecule has 9 aromatic rings. The fourth-order valence-electron chi connectivity index (χ4n) is 10.6. The van der Waals surface area contributed by atoms with Crippen LogP contribution < -0.4 is 30.7 Å². The lowest BCUT2D eigenvalue weighted by atomic mass is 9.92. The van der Waals surface area contributed by atoms with Crippen molar-refractivity contribution in [3.63, 3.8) is 0 Å². The van der Waals surface area contributed by atoms with E-state index in [9.17, 15) is 14.6 Å². The molecule has 3 saturated heterocycles. The summed E-state index contributed by atoms with van der Waals surface area (Å²) in [7, 11) is 0. The molecule has 0 spiro atoms. The number of nitrogens with one attached hydrogen (secondary N) is 6. The van der Waals surface area contributed by atoms with Crippen LogP contribution in [0.1, 0.15) is 65.5 Å². The predicted octanol–water partition coefficient (Wildman–Crippen LogP) is 7.64. The molecule has 8 N–H and O–H groups in total. The Morgan fingerprint density at radius 1 is 0.551 bits per heavy atom. The Balaban J connectivity index is 0.000000173. The first-order valence-corrected chi connectivity index (χ1v) is 27.3. The molecule has 21 heteroatoms. The fourth-order valence-corrected chi connectivity index (χ4v) is 10.6. The predicted molar refractivity (Wildman–Crippen MR) is 311 cm³/mol. The highest BCUT2D eigenvalue weighted by Crippen LogP contribution is 2.35. The van der Waals surface area contributed by atoms with E-state index in [2.05, 4.69) is 93.3 Å². The minimum atomic E-state index is -0.813. The van der Waals surface area contributed by atoms with E-state index in [1.807, 2.05) is 82.3 Å². The van der Waals surface area contributed by atoms with Crippen LogP contribution in [-0.2, 0) is 0 Å². The molecule has 1 saturated carbocycles. The number of halogens is 1. The topological polar surface area (TPSA) is 250 Å². The average molecular weight is 1070 g/mol. The zero-order chi connectivity index (χ0) is 53.8. The molecule has 0 bridgehead atoms. The summed E-state index contributed by atoms with van der Waals surface area (Å²) in [5.41, 5.74) is 4.73. The van der Waals surface area contributed by atoms with Gasteiger partial charge in [-0.3, -0.25) is 15.3 Å². The summed E-state index contributed by atoms with van der Waals surface area (Å²) >= 11 is 0. The maximum absolute atomic E-state index is 14.5. The molecule has 414 valence electrons. The van der Waals surface area contributed by atoms with Gasteiger partial charge in [0.2, 0.25) is 0 Å². The molecule has 0 aromatic carbocycles. The zero-order valence-electron chi connectivity index (χ0n) is 44.7. The van der Waals surface area contributed by atoms with Crippen LogP contribution in [0.4, 0.5) is 21.8 Å². The molecule has 4 fully saturated rings. The molecule has 4 aliphatic rings. The summed E-state index contributed by atoms with van der Waals surface area (Å²) in [5.74, 6) is 3.16. The van der Waals surface area contributed by atoms with Crippen molar-refractivity contribution in [2.24, 2.45) is 5.92 Å². The quantitative estimate of drug-likeness (QED) is 0.0585. The summed E-state index contributed by atoms with van der Waals surface area (Å²) < 4.78 is 14.5. The number of rotatable bonds is 12. The summed E-state index contributed by atoms with van der Waals surface area (Å²) in [6, 6.07) is 27.4. The number of aromatic nitrogens is 12. The van der Waals surface area contributed by atoms with E-state index in [0.29, 0.717) is 48.2 Å². The Morgan fingerprint density at radius 2 is 1.00 bits per heavy atom. The van der Waals surface area contributed by atoms with Gasteiger partial charge in [0.25, 0.3) is 0 Å². The van der Waals surface area contributed by atoms with Gasteiger partial charge in [-0.25, -0.2) is 34.3 Å². The van der Waals surface area contributed by atoms with Crippen LogP contribution in [0, 0.1) is 11.7 Å². The second kappa shape index (κ2) is 22.8. The number of fused-ring (bicyclic) bond motifs is 3. The van der Waals surface area contributed by atoms with Gasteiger partial charge in [-0.05, 0) is 112 Å². The number of H-pyrrole nitrogens is 3. The Kier molecular flexibility index (Phi) is 15.3. The van der Waals surface area contributed by atoms with Crippen LogP contribution in [0.5, 0.6) is 0 Å². The molecule has 78 heavy (non-hydrogen) atoms. The van der Waals surface area contributed by atoms with E-state index >= 15 is 0 Å². The van der Waals surface area contributed by atoms with Crippen molar-refractivity contribution in [2.45, 2.75) is 89.1 Å². The van der Waals surface area contributed by atoms with E-state index in [-0.39, 0.29) is 23.5 Å². The smallest absolute Gasteiger partial charge is 0.181 e. The molecule has 1 aliphatic carbocycles. The van der Waals surface area contributed by atoms with Crippen LogP contribution in [0.3, 0.4) is 0 Å². The van der Waals surface area contributed by atoms with E-state index in [1.165, 1.54) is 25.3 Å². The van der Waals surface area contributed by atoms with Crippen LogP contribution in [0.25, 0.3) is 67.3 Å². The van der Waals surface area contributed by atoms with Gasteiger partial charge in [0.05, 0.1) is 51.8 Å². The molecule has 5 atom stereocenters. The first-order valence-electron chi connectivity index (χ1n) is 27.3. The van der Waals surface area contributed by atoms with Gasteiger partial charge in [-0.2, -0.15) is 15.3 Å². The monoisotopic (exact) mass is 1060 g/mol. The second-order valence-electron chi connectivity index (χ2n) is 21.3. The number of pyridine rings is 6. The lowest BCUT2D eigenvalue weighted by Gasteiger charge is -2.41. The van der Waals surface area contributed by atoms with Crippen molar-refractivity contribution in [3.05, 3.63) is 109 Å². The number of aliphatic hydroxyl groups is 2. The van der Waals surface area contributed by atoms with Crippen LogP contribution in [0.15, 0.2) is 104 Å². The van der Waals surface area contributed by atoms with Gasteiger partial charge in [0, 0.05) is 105 Å². The van der Waals surface area contributed by atoms with Crippen molar-refractivity contribution >= 4 is 50.6 Å². The molecule has 13 rings (SSSR count). The Morgan fingerprint density at radius 3 is 1.49 bits per heavy atom. The molecule has 9 aromatic heterocycles. The third kappa shape index (κ3) is 11.5. The van der Waals surface area contributed by atoms with Crippen molar-refractivity contribution in [3.8, 4) is 34.2 Å². The first kappa shape index (κ1) is 52.5. The number of aromatic amines is 3. The van der Waals surface area contributed by atoms with Gasteiger partial charge in [-0.1, -0.05) is 38.8 Å². The largest absolute Gasteiger partial charge is 0.388 e. The highest BCUT2D eigenvalue weighted by Gasteiger charge is 2.36. The molecule has 0 radical (unpaired) electrons. The fraction of sp³-hybridized carbons (Fsp3) is 0.421. The zero-order valence-corrected chi connectivity index (χ0v) is 44.7. The molecule has 4 unspecified atom stereocenters. The minimum absolute atomic E-state index is 0. The number of anilines is 3. The van der Waals surface area contributed by atoms with Crippen LogP contribution >= 0.6 is 0 Å². The highest BCUT2D eigenvalue weighted by molar-refractivity contribution is 5.91. The summed E-state index contributed by atoms with van der Waals surface area (Å²) in [5, 5.41) is 56.1. The molecule has 12 heterocycles. The van der Waals surface area contributed by atoms with Crippen molar-refractivity contribution < 1.29 is 20.3 Å². The molecule has 0 amide bonds. The third-order valence-corrected chi connectivity index (χ3v) is 15.9. The second-order valence-corrected chi connectivity index (χ2v) is 21.3. The SMILES string of the molecule is CCC(C)(O)C1CN(c2ccc(F)c(-c3[nH]nc4ncccc34)n2)CCN1.CCC(C)(O)C1CN(c2cccc(-c3[nH]nc4ncccc34)n2)CCN1.[HH].[HH].[HH].[HH].c1cc(-c2[nH]nc3ncccc23)nc(N2CCN[C@@H](CC3CC3)C2)c1. The number of hydrogen-bond acceptors (Lipinski definition) is 17. The van der Waals surface area contributed by atoms with E-state index in [0.717, 1.165) is 114 Å². The third-order valence-electron chi connectivity index (χ3n) is 15.9. The van der Waals surface area contributed by atoms with Gasteiger partial charge in [0.1, 0.15) is 23.1 Å². The summed E-state index contributed by atoms with van der Waals surface area (Å²) in [6.45, 7) is 15.2. The van der Waals surface area contributed by atoms with E-state index in [1.54, 1.807) is 30.7 Å². The van der Waals surface area contributed by atoms with Crippen molar-refractivity contribution in [1.82, 2.24) is 76.4 Å². The van der Waals surface area contributed by atoms with Gasteiger partial charge in [-0.15, -0.1) is 0 Å². The van der Waals surface area contributed by atoms with Gasteiger partial charge < -0.3 is 40.9 Å². The summed E-state index contributed by atoms with van der Waals surface area (Å²) in [6.07, 6.45) is 10.6. The average Bonchev–Trinajstić information content (AvgIpc) is 3.98. The van der Waals surface area contributed by atoms with Crippen LogP contribution in [-0.4, -0.2) is 159 Å².